The van der Waals surface area contributed by atoms with E-state index in [0.29, 0.717) is 42.2 Å². The number of non-ortho nitro benzene ring substituents is 1. The topological polar surface area (TPSA) is 137 Å². The SMILES string of the molecule is COC(=O)C1=C(C)NC(C)=C(C(=O)OCCCOc2ccc(CCO)cc2)[C@@H]1c1cccc([N+](=O)[O-])c1. The summed E-state index contributed by atoms with van der Waals surface area (Å²) in [6.45, 7) is 3.81. The van der Waals surface area contributed by atoms with Gasteiger partial charge in [0.25, 0.3) is 5.69 Å². The van der Waals surface area contributed by atoms with E-state index in [1.165, 1.54) is 25.3 Å². The molecule has 1 aliphatic heterocycles. The van der Waals surface area contributed by atoms with Gasteiger partial charge in [0.2, 0.25) is 0 Å². The van der Waals surface area contributed by atoms with Crippen molar-refractivity contribution < 1.29 is 33.8 Å². The first-order valence-corrected chi connectivity index (χ1v) is 11.8. The van der Waals surface area contributed by atoms with E-state index < -0.39 is 22.8 Å². The van der Waals surface area contributed by atoms with Gasteiger partial charge in [0.1, 0.15) is 5.75 Å². The van der Waals surface area contributed by atoms with Crippen LogP contribution in [0.25, 0.3) is 0 Å². The fraction of sp³-hybridized carbons (Fsp3) is 0.333. The third kappa shape index (κ3) is 6.73. The lowest BCUT2D eigenvalue weighted by molar-refractivity contribution is -0.384. The molecule has 2 aromatic carbocycles. The molecule has 10 nitrogen and oxygen atoms in total. The first-order valence-electron chi connectivity index (χ1n) is 11.8. The Kier molecular flexibility index (Phi) is 9.39. The molecule has 0 amide bonds. The Labute approximate surface area is 214 Å². The van der Waals surface area contributed by atoms with Crippen LogP contribution in [-0.2, 0) is 25.5 Å². The average Bonchev–Trinajstić information content (AvgIpc) is 2.88. The molecular weight excluding hydrogens is 480 g/mol. The number of methoxy groups -OCH3 is 1. The zero-order valence-electron chi connectivity index (χ0n) is 21.0. The van der Waals surface area contributed by atoms with Crippen molar-refractivity contribution in [1.29, 1.82) is 0 Å². The molecule has 0 unspecified atom stereocenters. The van der Waals surface area contributed by atoms with Crippen LogP contribution in [0.15, 0.2) is 71.1 Å². The van der Waals surface area contributed by atoms with Crippen LogP contribution in [0.5, 0.6) is 5.75 Å². The van der Waals surface area contributed by atoms with E-state index >= 15 is 0 Å². The summed E-state index contributed by atoms with van der Waals surface area (Å²) in [6.07, 6.45) is 0.994. The monoisotopic (exact) mass is 510 g/mol. The van der Waals surface area contributed by atoms with Gasteiger partial charge in [-0.1, -0.05) is 24.3 Å². The Balaban J connectivity index is 1.73. The first-order chi connectivity index (χ1) is 17.8. The lowest BCUT2D eigenvalue weighted by Crippen LogP contribution is -2.32. The average molecular weight is 511 g/mol. The number of rotatable bonds is 11. The van der Waals surface area contributed by atoms with Crippen molar-refractivity contribution in [3.63, 3.8) is 0 Å². The normalized spacial score (nSPS) is 15.2. The third-order valence-electron chi connectivity index (χ3n) is 5.91. The Hall–Kier alpha value is -4.18. The van der Waals surface area contributed by atoms with Crippen LogP contribution < -0.4 is 10.1 Å². The highest BCUT2D eigenvalue weighted by molar-refractivity contribution is 5.99. The first kappa shape index (κ1) is 27.4. The zero-order chi connectivity index (χ0) is 26.9. The Bertz CT molecular complexity index is 1220. The Morgan fingerprint density at radius 2 is 1.70 bits per heavy atom. The van der Waals surface area contributed by atoms with Crippen LogP contribution in [0.3, 0.4) is 0 Å². The van der Waals surface area contributed by atoms with Crippen LogP contribution in [-0.4, -0.2) is 48.9 Å². The van der Waals surface area contributed by atoms with Gasteiger partial charge < -0.3 is 24.6 Å². The van der Waals surface area contributed by atoms with Crippen LogP contribution in [0.4, 0.5) is 5.69 Å². The number of carbonyl (C=O) groups excluding carboxylic acids is 2. The van der Waals surface area contributed by atoms with Crippen molar-refractivity contribution in [2.24, 2.45) is 0 Å². The molecule has 196 valence electrons. The summed E-state index contributed by atoms with van der Waals surface area (Å²) in [5.74, 6) is -1.55. The van der Waals surface area contributed by atoms with E-state index in [4.69, 9.17) is 19.3 Å². The zero-order valence-corrected chi connectivity index (χ0v) is 21.0. The number of aliphatic hydroxyl groups excluding tert-OH is 1. The summed E-state index contributed by atoms with van der Waals surface area (Å²) >= 11 is 0. The standard InChI is InChI=1S/C27H30N2O8/c1-17-23(26(31)35-3)25(20-6-4-7-21(16-20)29(33)34)24(18(2)28-17)27(32)37-15-5-14-36-22-10-8-19(9-11-22)12-13-30/h4,6-11,16,25,28,30H,5,12-15H2,1-3H3/t25-/m1/s1. The van der Waals surface area contributed by atoms with Gasteiger partial charge in [-0.25, -0.2) is 9.59 Å². The smallest absolute Gasteiger partial charge is 0.336 e. The van der Waals surface area contributed by atoms with E-state index in [0.717, 1.165) is 5.56 Å². The predicted octanol–water partition coefficient (Wildman–Crippen LogP) is 3.55. The molecular formula is C27H30N2O8. The molecule has 0 fully saturated rings. The number of nitro benzene ring substituents is 1. The maximum Gasteiger partial charge on any atom is 0.336 e. The molecule has 0 radical (unpaired) electrons. The molecule has 1 atom stereocenters. The second kappa shape index (κ2) is 12.7. The minimum atomic E-state index is -0.908. The molecule has 0 saturated carbocycles. The number of esters is 2. The summed E-state index contributed by atoms with van der Waals surface area (Å²) < 4.78 is 16.1. The molecule has 0 aliphatic carbocycles. The van der Waals surface area contributed by atoms with Gasteiger partial charge in [-0.2, -0.15) is 0 Å². The van der Waals surface area contributed by atoms with E-state index in [1.54, 1.807) is 19.9 Å². The second-order valence-corrected chi connectivity index (χ2v) is 8.43. The number of nitrogens with one attached hydrogen (secondary N) is 1. The molecule has 0 spiro atoms. The van der Waals surface area contributed by atoms with Gasteiger partial charge in [-0.15, -0.1) is 0 Å². The Morgan fingerprint density at radius 1 is 1.03 bits per heavy atom. The minimum absolute atomic E-state index is 0.0656. The second-order valence-electron chi connectivity index (χ2n) is 8.43. The molecule has 1 aliphatic rings. The van der Waals surface area contributed by atoms with Gasteiger partial charge in [0, 0.05) is 36.6 Å². The van der Waals surface area contributed by atoms with E-state index in [1.807, 2.05) is 24.3 Å². The summed E-state index contributed by atoms with van der Waals surface area (Å²) in [6, 6.07) is 13.2. The molecule has 1 heterocycles. The number of nitro groups is 1. The van der Waals surface area contributed by atoms with Gasteiger partial charge in [-0.05, 0) is 43.5 Å². The van der Waals surface area contributed by atoms with Crippen molar-refractivity contribution in [1.82, 2.24) is 5.32 Å². The summed E-state index contributed by atoms with van der Waals surface area (Å²) in [5.41, 5.74) is 2.55. The van der Waals surface area contributed by atoms with Crippen molar-refractivity contribution in [2.45, 2.75) is 32.6 Å². The largest absolute Gasteiger partial charge is 0.493 e. The number of ether oxygens (including phenoxy) is 3. The van der Waals surface area contributed by atoms with Crippen molar-refractivity contribution in [3.05, 3.63) is 92.3 Å². The van der Waals surface area contributed by atoms with Crippen LogP contribution in [0.2, 0.25) is 0 Å². The van der Waals surface area contributed by atoms with E-state index in [2.05, 4.69) is 5.32 Å². The number of benzene rings is 2. The molecule has 2 aromatic rings. The summed E-state index contributed by atoms with van der Waals surface area (Å²) in [4.78, 5) is 36.7. The minimum Gasteiger partial charge on any atom is -0.493 e. The highest BCUT2D eigenvalue weighted by Crippen LogP contribution is 2.40. The van der Waals surface area contributed by atoms with Gasteiger partial charge >= 0.3 is 11.9 Å². The van der Waals surface area contributed by atoms with Gasteiger partial charge in [0.15, 0.2) is 0 Å². The maximum absolute atomic E-state index is 13.2. The highest BCUT2D eigenvalue weighted by Gasteiger charge is 2.38. The highest BCUT2D eigenvalue weighted by atomic mass is 16.6. The number of carbonyl (C=O) groups is 2. The summed E-state index contributed by atoms with van der Waals surface area (Å²) in [7, 11) is 1.23. The fourth-order valence-corrected chi connectivity index (χ4v) is 4.17. The Morgan fingerprint density at radius 3 is 2.32 bits per heavy atom. The molecule has 0 saturated heterocycles. The number of allylic oxidation sites excluding steroid dienone is 2. The van der Waals surface area contributed by atoms with E-state index in [-0.39, 0.29) is 30.0 Å². The number of aliphatic hydroxyl groups is 1. The lowest BCUT2D eigenvalue weighted by atomic mass is 9.80. The summed E-state index contributed by atoms with van der Waals surface area (Å²) in [5, 5.41) is 23.4. The molecule has 3 rings (SSSR count). The molecule has 2 N–H and O–H groups in total. The van der Waals surface area contributed by atoms with Gasteiger partial charge in [-0.3, -0.25) is 10.1 Å². The molecule has 0 aromatic heterocycles. The van der Waals surface area contributed by atoms with Crippen molar-refractivity contribution in [2.75, 3.05) is 26.9 Å². The third-order valence-corrected chi connectivity index (χ3v) is 5.91. The molecule has 37 heavy (non-hydrogen) atoms. The molecule has 10 heteroatoms. The number of nitrogens with zero attached hydrogens (tertiary/aromatic N) is 1. The van der Waals surface area contributed by atoms with Crippen LogP contribution in [0, 0.1) is 10.1 Å². The number of dihydropyridines is 1. The van der Waals surface area contributed by atoms with Crippen molar-refractivity contribution in [3.8, 4) is 5.75 Å². The van der Waals surface area contributed by atoms with Crippen LogP contribution in [0.1, 0.15) is 37.3 Å². The number of hydrogen-bond acceptors (Lipinski definition) is 9. The predicted molar refractivity (Wildman–Crippen MR) is 135 cm³/mol. The quantitative estimate of drug-likeness (QED) is 0.201. The number of hydrogen-bond donors (Lipinski definition) is 2. The maximum atomic E-state index is 13.2. The fourth-order valence-electron chi connectivity index (χ4n) is 4.17. The lowest BCUT2D eigenvalue weighted by Gasteiger charge is -2.30. The molecule has 0 bridgehead atoms. The van der Waals surface area contributed by atoms with E-state index in [9.17, 15) is 19.7 Å². The van der Waals surface area contributed by atoms with Crippen LogP contribution >= 0.6 is 0 Å². The van der Waals surface area contributed by atoms with Gasteiger partial charge in [0.05, 0.1) is 42.3 Å². The van der Waals surface area contributed by atoms with Crippen molar-refractivity contribution >= 4 is 17.6 Å².